The van der Waals surface area contributed by atoms with E-state index >= 15 is 0 Å². The monoisotopic (exact) mass is 322 g/mol. The van der Waals surface area contributed by atoms with Crippen molar-refractivity contribution < 1.29 is 18.8 Å². The molecule has 0 aromatic heterocycles. The predicted octanol–water partition coefficient (Wildman–Crippen LogP) is 2.01. The highest BCUT2D eigenvalue weighted by Gasteiger charge is 2.46. The maximum Gasteiger partial charge on any atom is 0.271 e. The Labute approximate surface area is 131 Å². The summed E-state index contributed by atoms with van der Waals surface area (Å²) in [4.78, 5) is 19.2. The first-order valence-electron chi connectivity index (χ1n) is 6.82. The van der Waals surface area contributed by atoms with Gasteiger partial charge in [-0.05, 0) is 32.5 Å². The molecule has 0 spiro atoms. The Balaban J connectivity index is 2.23. The average Bonchev–Trinajstić information content (AvgIpc) is 3.30. The van der Waals surface area contributed by atoms with Crippen LogP contribution < -0.4 is 10.8 Å². The van der Waals surface area contributed by atoms with Gasteiger partial charge in [0, 0.05) is 23.4 Å². The number of hydrogen-bond donors (Lipinski definition) is 3. The molecule has 1 fully saturated rings. The molecule has 23 heavy (non-hydrogen) atoms. The minimum absolute atomic E-state index is 0.0938. The van der Waals surface area contributed by atoms with E-state index < -0.39 is 23.1 Å². The maximum absolute atomic E-state index is 13.9. The summed E-state index contributed by atoms with van der Waals surface area (Å²) < 4.78 is 27.0. The van der Waals surface area contributed by atoms with Gasteiger partial charge in [0.2, 0.25) is 5.96 Å². The molecule has 122 valence electrons. The van der Waals surface area contributed by atoms with Crippen LogP contribution in [-0.4, -0.2) is 23.8 Å². The summed E-state index contributed by atoms with van der Waals surface area (Å²) >= 11 is 0. The van der Waals surface area contributed by atoms with E-state index in [1.54, 1.807) is 0 Å². The van der Waals surface area contributed by atoms with E-state index in [2.05, 4.69) is 22.0 Å². The van der Waals surface area contributed by atoms with Crippen molar-refractivity contribution in [2.75, 3.05) is 0 Å². The topological polar surface area (TPSA) is 86.1 Å². The molecule has 0 heterocycles. The fourth-order valence-corrected chi connectivity index (χ4v) is 2.07. The molecule has 1 amide bonds. The molecule has 3 N–H and O–H groups in total. The molecule has 1 aliphatic rings. The third-order valence-electron chi connectivity index (χ3n) is 3.50. The number of nitrogens with one attached hydrogen (secondary N) is 2. The molecule has 1 aromatic rings. The lowest BCUT2D eigenvalue weighted by Crippen LogP contribution is -2.24. The first-order chi connectivity index (χ1) is 10.9. The molecule has 0 radical (unpaired) electrons. The summed E-state index contributed by atoms with van der Waals surface area (Å²) in [7, 11) is 0. The molecule has 1 saturated carbocycles. The number of benzene rings is 1. The standard InChI is InChI=1S/C15H16F2N4O2/c1-9(13(22)21-23)8-19-14(18-2)20-15(5-6-15)11-4-3-10(16)7-12(11)17/h3-4,7-8,23H,2,5-6H2,1H3,(H,19,20)(H,21,22)/b9-8+. The SMILES string of the molecule is C=NC(=NC1(c2ccc(F)cc2F)CC1)N/C=C(\C)C(=O)NO. The first-order valence-corrected chi connectivity index (χ1v) is 6.82. The molecule has 1 aromatic carbocycles. The largest absolute Gasteiger partial charge is 0.331 e. The molecule has 0 unspecified atom stereocenters. The number of aliphatic imine (C=N–C) groups is 2. The van der Waals surface area contributed by atoms with Gasteiger partial charge in [0.1, 0.15) is 11.6 Å². The summed E-state index contributed by atoms with van der Waals surface area (Å²) in [5, 5.41) is 11.2. The number of carbonyl (C=O) groups is 1. The number of amides is 1. The number of nitrogens with zero attached hydrogens (tertiary/aromatic N) is 2. The third kappa shape index (κ3) is 3.78. The Morgan fingerprint density at radius 3 is 2.65 bits per heavy atom. The summed E-state index contributed by atoms with van der Waals surface area (Å²) in [6, 6.07) is 3.36. The fourth-order valence-electron chi connectivity index (χ4n) is 2.07. The van der Waals surface area contributed by atoms with Gasteiger partial charge < -0.3 is 5.32 Å². The molecule has 0 bridgehead atoms. The lowest BCUT2D eigenvalue weighted by atomic mass is 10.0. The summed E-state index contributed by atoms with van der Waals surface area (Å²) in [5.41, 5.74) is 1.15. The van der Waals surface area contributed by atoms with Gasteiger partial charge in [-0.3, -0.25) is 10.0 Å². The summed E-state index contributed by atoms with van der Waals surface area (Å²) in [5.74, 6) is -1.91. The van der Waals surface area contributed by atoms with Gasteiger partial charge in [0.25, 0.3) is 5.91 Å². The fraction of sp³-hybridized carbons (Fsp3) is 0.267. The molecule has 2 rings (SSSR count). The normalized spacial score (nSPS) is 16.7. The van der Waals surface area contributed by atoms with E-state index in [9.17, 15) is 13.6 Å². The molecular weight excluding hydrogens is 306 g/mol. The highest BCUT2D eigenvalue weighted by atomic mass is 19.1. The number of carbonyl (C=O) groups excluding carboxylic acids is 1. The molecule has 0 aliphatic heterocycles. The average molecular weight is 322 g/mol. The highest BCUT2D eigenvalue weighted by molar-refractivity contribution is 5.93. The maximum atomic E-state index is 13.9. The summed E-state index contributed by atoms with van der Waals surface area (Å²) in [6.07, 6.45) is 2.47. The van der Waals surface area contributed by atoms with E-state index in [0.717, 1.165) is 6.07 Å². The van der Waals surface area contributed by atoms with Crippen LogP contribution in [0.15, 0.2) is 40.0 Å². The zero-order chi connectivity index (χ0) is 17.0. The Kier molecular flexibility index (Phi) is 4.85. The van der Waals surface area contributed by atoms with Crippen molar-refractivity contribution in [2.24, 2.45) is 9.98 Å². The molecule has 6 nitrogen and oxygen atoms in total. The Morgan fingerprint density at radius 1 is 1.43 bits per heavy atom. The van der Waals surface area contributed by atoms with E-state index in [1.165, 1.54) is 30.7 Å². The van der Waals surface area contributed by atoms with Crippen LogP contribution in [0, 0.1) is 11.6 Å². The number of halogens is 2. The zero-order valence-electron chi connectivity index (χ0n) is 12.4. The van der Waals surface area contributed by atoms with Crippen molar-refractivity contribution in [1.29, 1.82) is 0 Å². The van der Waals surface area contributed by atoms with E-state index in [1.807, 2.05) is 0 Å². The number of rotatable bonds is 4. The smallest absolute Gasteiger partial charge is 0.271 e. The van der Waals surface area contributed by atoms with E-state index in [4.69, 9.17) is 5.21 Å². The quantitative estimate of drug-likeness (QED) is 0.261. The second kappa shape index (κ2) is 6.66. The van der Waals surface area contributed by atoms with Gasteiger partial charge in [-0.1, -0.05) is 6.07 Å². The molecule has 0 atom stereocenters. The molecule has 0 saturated heterocycles. The minimum atomic E-state index is -0.803. The first kappa shape index (κ1) is 16.8. The Hall–Kier alpha value is -2.61. The van der Waals surface area contributed by atoms with Gasteiger partial charge in [-0.15, -0.1) is 0 Å². The van der Waals surface area contributed by atoms with Gasteiger partial charge in [0.05, 0.1) is 5.54 Å². The second-order valence-electron chi connectivity index (χ2n) is 5.16. The third-order valence-corrected chi connectivity index (χ3v) is 3.50. The molecule has 1 aliphatic carbocycles. The van der Waals surface area contributed by atoms with Crippen LogP contribution in [-0.2, 0) is 10.3 Å². The van der Waals surface area contributed by atoms with Crippen LogP contribution in [0.1, 0.15) is 25.3 Å². The van der Waals surface area contributed by atoms with Crippen molar-refractivity contribution in [1.82, 2.24) is 10.8 Å². The van der Waals surface area contributed by atoms with Crippen molar-refractivity contribution in [3.05, 3.63) is 47.2 Å². The highest BCUT2D eigenvalue weighted by Crippen LogP contribution is 2.50. The van der Waals surface area contributed by atoms with Crippen molar-refractivity contribution in [2.45, 2.75) is 25.3 Å². The minimum Gasteiger partial charge on any atom is -0.331 e. The van der Waals surface area contributed by atoms with Gasteiger partial charge in [-0.2, -0.15) is 0 Å². The van der Waals surface area contributed by atoms with Crippen molar-refractivity contribution in [3.63, 3.8) is 0 Å². The van der Waals surface area contributed by atoms with Crippen LogP contribution >= 0.6 is 0 Å². The van der Waals surface area contributed by atoms with Crippen molar-refractivity contribution >= 4 is 18.6 Å². The number of hydroxylamine groups is 1. The zero-order valence-corrected chi connectivity index (χ0v) is 12.4. The number of guanidine groups is 1. The predicted molar refractivity (Wildman–Crippen MR) is 81.1 cm³/mol. The van der Waals surface area contributed by atoms with Gasteiger partial charge in [-0.25, -0.2) is 24.2 Å². The number of hydrogen-bond acceptors (Lipinski definition) is 3. The van der Waals surface area contributed by atoms with Gasteiger partial charge in [0.15, 0.2) is 0 Å². The lowest BCUT2D eigenvalue weighted by Gasteiger charge is -2.13. The Morgan fingerprint density at radius 2 is 2.13 bits per heavy atom. The van der Waals surface area contributed by atoms with E-state index in [0.29, 0.717) is 12.8 Å². The van der Waals surface area contributed by atoms with Crippen LogP contribution in [0.5, 0.6) is 0 Å². The van der Waals surface area contributed by atoms with Crippen LogP contribution in [0.2, 0.25) is 0 Å². The van der Waals surface area contributed by atoms with Crippen molar-refractivity contribution in [3.8, 4) is 0 Å². The van der Waals surface area contributed by atoms with Crippen LogP contribution in [0.4, 0.5) is 8.78 Å². The molecule has 8 heteroatoms. The molecular formula is C15H16F2N4O2. The lowest BCUT2D eigenvalue weighted by molar-refractivity contribution is -0.125. The van der Waals surface area contributed by atoms with Crippen LogP contribution in [0.25, 0.3) is 0 Å². The summed E-state index contributed by atoms with van der Waals surface area (Å²) in [6.45, 7) is 4.83. The Bertz CT molecular complexity index is 697. The van der Waals surface area contributed by atoms with Gasteiger partial charge >= 0.3 is 0 Å². The van der Waals surface area contributed by atoms with Crippen LogP contribution in [0.3, 0.4) is 0 Å². The second-order valence-corrected chi connectivity index (χ2v) is 5.16. The van der Waals surface area contributed by atoms with E-state index in [-0.39, 0.29) is 17.1 Å².